The van der Waals surface area contributed by atoms with Crippen LogP contribution >= 0.6 is 24.0 Å². The number of guanidine groups is 1. The van der Waals surface area contributed by atoms with Gasteiger partial charge in [-0.2, -0.15) is 0 Å². The second-order valence-corrected chi connectivity index (χ2v) is 7.45. The van der Waals surface area contributed by atoms with Gasteiger partial charge in [0.1, 0.15) is 5.75 Å². The molecule has 2 aromatic rings. The van der Waals surface area contributed by atoms with Crippen LogP contribution in [0.5, 0.6) is 5.75 Å². The van der Waals surface area contributed by atoms with E-state index in [1.807, 2.05) is 19.1 Å². The number of nitrogens with zero attached hydrogens (tertiary/aromatic N) is 3. The molecule has 2 N–H and O–H groups in total. The number of aryl methyl sites for hydroxylation is 1. The van der Waals surface area contributed by atoms with E-state index < -0.39 is 0 Å². The Hall–Kier alpha value is -2.43. The highest BCUT2D eigenvalue weighted by molar-refractivity contribution is 14.0. The zero-order chi connectivity index (χ0) is 22.1. The summed E-state index contributed by atoms with van der Waals surface area (Å²) in [6.07, 6.45) is 2.30. The molecule has 0 aliphatic carbocycles. The minimum atomic E-state index is -0.174. The van der Waals surface area contributed by atoms with E-state index in [0.717, 1.165) is 56.4 Å². The number of piperazine rings is 1. The van der Waals surface area contributed by atoms with E-state index >= 15 is 0 Å². The Morgan fingerprint density at radius 2 is 1.97 bits per heavy atom. The zero-order valence-electron chi connectivity index (χ0n) is 19.1. The average molecular weight is 555 g/mol. The molecule has 0 spiro atoms. The molecule has 0 unspecified atom stereocenters. The van der Waals surface area contributed by atoms with Crippen LogP contribution < -0.4 is 20.3 Å². The van der Waals surface area contributed by atoms with Crippen LogP contribution in [0.3, 0.4) is 0 Å². The maximum Gasteiger partial charge on any atom is 0.287 e. The molecule has 0 saturated carbocycles. The third-order valence-electron chi connectivity index (χ3n) is 5.28. The predicted octanol–water partition coefficient (Wildman–Crippen LogP) is 3.12. The van der Waals surface area contributed by atoms with Gasteiger partial charge in [0.05, 0.1) is 13.4 Å². The van der Waals surface area contributed by atoms with Gasteiger partial charge in [0.15, 0.2) is 11.7 Å². The molecule has 0 atom stereocenters. The molecule has 1 amide bonds. The number of furan rings is 1. The Bertz CT molecular complexity index is 878. The summed E-state index contributed by atoms with van der Waals surface area (Å²) in [5.74, 6) is 2.02. The third kappa shape index (κ3) is 7.04. The van der Waals surface area contributed by atoms with Gasteiger partial charge in [0.25, 0.3) is 5.91 Å². The van der Waals surface area contributed by atoms with Crippen LogP contribution in [0.2, 0.25) is 0 Å². The minimum absolute atomic E-state index is 0. The number of methoxy groups -OCH3 is 1. The van der Waals surface area contributed by atoms with Gasteiger partial charge in [-0.25, -0.2) is 0 Å². The first kappa shape index (κ1) is 25.8. The van der Waals surface area contributed by atoms with E-state index in [9.17, 15) is 4.79 Å². The van der Waals surface area contributed by atoms with Gasteiger partial charge in [-0.3, -0.25) is 9.79 Å². The number of aliphatic imine (C=N–C) groups is 1. The molecule has 0 radical (unpaired) electrons. The molecule has 8 nitrogen and oxygen atoms in total. The summed E-state index contributed by atoms with van der Waals surface area (Å²) in [4.78, 5) is 21.5. The van der Waals surface area contributed by atoms with Gasteiger partial charge in [-0.15, -0.1) is 24.0 Å². The topological polar surface area (TPSA) is 82.3 Å². The van der Waals surface area contributed by atoms with E-state index in [4.69, 9.17) is 14.1 Å². The molecule has 0 bridgehead atoms. The van der Waals surface area contributed by atoms with Gasteiger partial charge >= 0.3 is 0 Å². The van der Waals surface area contributed by atoms with Crippen LogP contribution in [0.1, 0.15) is 29.5 Å². The first-order valence-electron chi connectivity index (χ1n) is 10.9. The van der Waals surface area contributed by atoms with Crippen molar-refractivity contribution in [3.63, 3.8) is 0 Å². The molecular weight excluding hydrogens is 521 g/mol. The number of hydrogen-bond donors (Lipinski definition) is 2. The van der Waals surface area contributed by atoms with Crippen molar-refractivity contribution >= 4 is 41.5 Å². The maximum atomic E-state index is 12.1. The lowest BCUT2D eigenvalue weighted by Gasteiger charge is -2.37. The SMILES string of the molecule is CCNC(=NCCCNC(=O)c1occc1C)N1CCN(c2cccc(OC)c2)CC1.I. The highest BCUT2D eigenvalue weighted by Gasteiger charge is 2.20. The van der Waals surface area contributed by atoms with E-state index in [1.165, 1.54) is 12.0 Å². The van der Waals surface area contributed by atoms with Crippen LogP contribution in [-0.4, -0.2) is 69.7 Å². The largest absolute Gasteiger partial charge is 0.497 e. The van der Waals surface area contributed by atoms with Crippen molar-refractivity contribution < 1.29 is 13.9 Å². The predicted molar refractivity (Wildman–Crippen MR) is 139 cm³/mol. The van der Waals surface area contributed by atoms with Crippen molar-refractivity contribution in [2.24, 2.45) is 4.99 Å². The normalized spacial score (nSPS) is 14.0. The van der Waals surface area contributed by atoms with Crippen LogP contribution in [0.15, 0.2) is 46.0 Å². The summed E-state index contributed by atoms with van der Waals surface area (Å²) in [5, 5.41) is 6.28. The number of anilines is 1. The molecule has 1 fully saturated rings. The van der Waals surface area contributed by atoms with E-state index in [1.54, 1.807) is 13.2 Å². The standard InChI is InChI=1S/C23H33N5O3.HI/c1-4-24-23(26-11-6-10-25-22(29)21-18(2)9-16-31-21)28-14-12-27(13-15-28)19-7-5-8-20(17-19)30-3;/h5,7-9,16-17H,4,6,10-15H2,1-3H3,(H,24,26)(H,25,29);1H. The fourth-order valence-electron chi connectivity index (χ4n) is 3.56. The number of ether oxygens (including phenoxy) is 1. The van der Waals surface area contributed by atoms with E-state index in [-0.39, 0.29) is 29.9 Å². The van der Waals surface area contributed by atoms with Gasteiger partial charge in [0.2, 0.25) is 0 Å². The zero-order valence-corrected chi connectivity index (χ0v) is 21.4. The Morgan fingerprint density at radius 3 is 2.62 bits per heavy atom. The fraction of sp³-hybridized carbons (Fsp3) is 0.478. The second kappa shape index (κ2) is 13.2. The summed E-state index contributed by atoms with van der Waals surface area (Å²) in [6.45, 7) is 9.62. The number of benzene rings is 1. The van der Waals surface area contributed by atoms with Gasteiger partial charge in [-0.1, -0.05) is 6.07 Å². The van der Waals surface area contributed by atoms with Crippen LogP contribution in [-0.2, 0) is 0 Å². The molecule has 176 valence electrons. The minimum Gasteiger partial charge on any atom is -0.497 e. The van der Waals surface area contributed by atoms with Crippen molar-refractivity contribution in [1.82, 2.24) is 15.5 Å². The van der Waals surface area contributed by atoms with Gasteiger partial charge < -0.3 is 29.6 Å². The molecule has 1 aromatic carbocycles. The summed E-state index contributed by atoms with van der Waals surface area (Å²) in [7, 11) is 1.69. The lowest BCUT2D eigenvalue weighted by Crippen LogP contribution is -2.52. The monoisotopic (exact) mass is 555 g/mol. The quantitative estimate of drug-likeness (QED) is 0.226. The number of halogens is 1. The first-order chi connectivity index (χ1) is 15.1. The number of amides is 1. The number of rotatable bonds is 8. The van der Waals surface area contributed by atoms with Crippen molar-refractivity contribution in [3.8, 4) is 5.75 Å². The van der Waals surface area contributed by atoms with Crippen molar-refractivity contribution in [2.75, 3.05) is 57.8 Å². The van der Waals surface area contributed by atoms with Gasteiger partial charge in [0, 0.05) is 63.1 Å². The molecule has 1 saturated heterocycles. The molecular formula is C23H34IN5O3. The average Bonchev–Trinajstić information content (AvgIpc) is 3.24. The molecule has 32 heavy (non-hydrogen) atoms. The lowest BCUT2D eigenvalue weighted by molar-refractivity contribution is 0.0925. The molecule has 1 aliphatic heterocycles. The number of nitrogens with one attached hydrogen (secondary N) is 2. The number of hydrogen-bond acceptors (Lipinski definition) is 5. The molecule has 3 rings (SSSR count). The second-order valence-electron chi connectivity index (χ2n) is 7.45. The smallest absolute Gasteiger partial charge is 0.287 e. The molecule has 2 heterocycles. The lowest BCUT2D eigenvalue weighted by atomic mass is 10.2. The highest BCUT2D eigenvalue weighted by atomic mass is 127. The summed E-state index contributed by atoms with van der Waals surface area (Å²) in [5.41, 5.74) is 2.03. The first-order valence-corrected chi connectivity index (χ1v) is 10.9. The summed E-state index contributed by atoms with van der Waals surface area (Å²) in [6, 6.07) is 9.98. The maximum absolute atomic E-state index is 12.1. The Balaban J connectivity index is 0.00000363. The van der Waals surface area contributed by atoms with Crippen molar-refractivity contribution in [2.45, 2.75) is 20.3 Å². The van der Waals surface area contributed by atoms with E-state index in [0.29, 0.717) is 18.8 Å². The molecule has 1 aliphatic rings. The Morgan fingerprint density at radius 1 is 1.19 bits per heavy atom. The Labute approximate surface area is 207 Å². The highest BCUT2D eigenvalue weighted by Crippen LogP contribution is 2.22. The molecule has 1 aromatic heterocycles. The van der Waals surface area contributed by atoms with Crippen molar-refractivity contribution in [1.29, 1.82) is 0 Å². The number of carbonyl (C=O) groups excluding carboxylic acids is 1. The van der Waals surface area contributed by atoms with Crippen LogP contribution in [0.25, 0.3) is 0 Å². The third-order valence-corrected chi connectivity index (χ3v) is 5.28. The van der Waals surface area contributed by atoms with Crippen LogP contribution in [0.4, 0.5) is 5.69 Å². The Kier molecular flexibility index (Phi) is 10.6. The fourth-order valence-corrected chi connectivity index (χ4v) is 3.56. The summed E-state index contributed by atoms with van der Waals surface area (Å²) >= 11 is 0. The molecule has 9 heteroatoms. The van der Waals surface area contributed by atoms with E-state index in [2.05, 4.69) is 39.5 Å². The van der Waals surface area contributed by atoms with Crippen LogP contribution in [0, 0.1) is 6.92 Å². The van der Waals surface area contributed by atoms with Crippen molar-refractivity contribution in [3.05, 3.63) is 47.9 Å². The van der Waals surface area contributed by atoms with Gasteiger partial charge in [-0.05, 0) is 38.5 Å². The number of carbonyl (C=O) groups is 1. The summed E-state index contributed by atoms with van der Waals surface area (Å²) < 4.78 is 10.6.